The fourth-order valence-corrected chi connectivity index (χ4v) is 8.51. The van der Waals surface area contributed by atoms with Crippen LogP contribution in [0.4, 0.5) is 0 Å². The lowest BCUT2D eigenvalue weighted by Crippen LogP contribution is -2.44. The molecule has 2 unspecified atom stereocenters. The lowest BCUT2D eigenvalue weighted by Gasteiger charge is -2.32. The van der Waals surface area contributed by atoms with Crippen molar-refractivity contribution in [2.45, 2.75) is 25.2 Å². The lowest BCUT2D eigenvalue weighted by molar-refractivity contribution is 0.611. The van der Waals surface area contributed by atoms with Crippen LogP contribution in [0.15, 0.2) is 0 Å². The molecule has 0 heterocycles. The van der Waals surface area contributed by atoms with Crippen LogP contribution in [0.25, 0.3) is 0 Å². The molecule has 0 aromatic rings. The van der Waals surface area contributed by atoms with Gasteiger partial charge in [-0.1, -0.05) is 20.0 Å². The highest BCUT2D eigenvalue weighted by Crippen LogP contribution is 2.15. The average molecular weight is 204 g/mol. The molecule has 0 fully saturated rings. The van der Waals surface area contributed by atoms with Crippen molar-refractivity contribution in [1.82, 2.24) is 9.13 Å². The summed E-state index contributed by atoms with van der Waals surface area (Å²) in [5, 5.41) is 0.981. The summed E-state index contributed by atoms with van der Waals surface area (Å²) in [5.41, 5.74) is 0. The van der Waals surface area contributed by atoms with E-state index in [1.807, 2.05) is 0 Å². The Labute approximate surface area is 80.9 Å². The van der Waals surface area contributed by atoms with E-state index in [1.165, 1.54) is 0 Å². The van der Waals surface area contributed by atoms with E-state index in [-0.39, 0.29) is 0 Å². The van der Waals surface area contributed by atoms with E-state index < -0.39 is 17.9 Å². The van der Waals surface area contributed by atoms with Gasteiger partial charge in [0.05, 0.1) is 0 Å². The Morgan fingerprint density at radius 2 is 1.08 bits per heavy atom. The summed E-state index contributed by atoms with van der Waals surface area (Å²) in [6.45, 7) is 7.35. The summed E-state index contributed by atoms with van der Waals surface area (Å²) in [4.78, 5) is 0. The molecule has 74 valence electrons. The standard InChI is InChI=1S/C8H24N2Si2/c1-8(11(6)9(2)3)12(7)10(4)5/h8,11-12H,1-7H3. The number of nitrogens with zero attached hydrogens (tertiary/aromatic N) is 2. The van der Waals surface area contributed by atoms with Crippen molar-refractivity contribution in [2.24, 2.45) is 0 Å². The van der Waals surface area contributed by atoms with Crippen LogP contribution in [0.3, 0.4) is 0 Å². The van der Waals surface area contributed by atoms with Gasteiger partial charge in [-0.25, -0.2) is 0 Å². The smallest absolute Gasteiger partial charge is 0.109 e. The summed E-state index contributed by atoms with van der Waals surface area (Å²) < 4.78 is 4.91. The van der Waals surface area contributed by atoms with Crippen LogP contribution in [0, 0.1) is 0 Å². The molecule has 0 rings (SSSR count). The van der Waals surface area contributed by atoms with Crippen LogP contribution in [0.5, 0.6) is 0 Å². The molecule has 0 saturated heterocycles. The predicted molar refractivity (Wildman–Crippen MR) is 62.8 cm³/mol. The summed E-state index contributed by atoms with van der Waals surface area (Å²) in [6.07, 6.45) is 0. The van der Waals surface area contributed by atoms with Crippen LogP contribution in [0.1, 0.15) is 6.92 Å². The summed E-state index contributed by atoms with van der Waals surface area (Å²) >= 11 is 0. The van der Waals surface area contributed by atoms with E-state index in [9.17, 15) is 0 Å². The Balaban J connectivity index is 4.08. The van der Waals surface area contributed by atoms with Gasteiger partial charge >= 0.3 is 0 Å². The molecule has 0 amide bonds. The second-order valence-corrected chi connectivity index (χ2v) is 12.2. The Bertz CT molecular complexity index is 114. The van der Waals surface area contributed by atoms with E-state index in [4.69, 9.17) is 0 Å². The first-order chi connectivity index (χ1) is 5.37. The highest BCUT2D eigenvalue weighted by molar-refractivity contribution is 6.75. The van der Waals surface area contributed by atoms with Crippen LogP contribution < -0.4 is 0 Å². The third-order valence-corrected chi connectivity index (χ3v) is 12.8. The van der Waals surface area contributed by atoms with Crippen molar-refractivity contribution < 1.29 is 0 Å². The van der Waals surface area contributed by atoms with Gasteiger partial charge in [-0.3, -0.25) is 0 Å². The second kappa shape index (κ2) is 5.16. The molecule has 0 N–H and O–H groups in total. The van der Waals surface area contributed by atoms with E-state index in [1.54, 1.807) is 0 Å². The zero-order chi connectivity index (χ0) is 9.89. The number of hydrogen-bond donors (Lipinski definition) is 0. The van der Waals surface area contributed by atoms with Gasteiger partial charge in [0, 0.05) is 0 Å². The van der Waals surface area contributed by atoms with Crippen LogP contribution in [-0.4, -0.2) is 55.2 Å². The van der Waals surface area contributed by atoms with Crippen molar-refractivity contribution >= 4 is 17.9 Å². The minimum Gasteiger partial charge on any atom is -0.332 e. The molecule has 0 aliphatic heterocycles. The first kappa shape index (κ1) is 12.4. The predicted octanol–water partition coefficient (Wildman–Crippen LogP) is 0.746. The van der Waals surface area contributed by atoms with Crippen molar-refractivity contribution in [3.63, 3.8) is 0 Å². The number of hydrogen-bond acceptors (Lipinski definition) is 2. The topological polar surface area (TPSA) is 6.48 Å². The van der Waals surface area contributed by atoms with Gasteiger partial charge in [-0.2, -0.15) is 0 Å². The summed E-state index contributed by atoms with van der Waals surface area (Å²) in [7, 11) is 7.65. The molecule has 0 radical (unpaired) electrons. The van der Waals surface area contributed by atoms with Crippen LogP contribution in [0.2, 0.25) is 18.3 Å². The molecule has 0 aliphatic rings. The highest BCUT2D eigenvalue weighted by atomic mass is 28.3. The maximum atomic E-state index is 2.46. The third kappa shape index (κ3) is 3.39. The summed E-state index contributed by atoms with van der Waals surface area (Å²) in [6, 6.07) is 0. The van der Waals surface area contributed by atoms with Gasteiger partial charge in [-0.15, -0.1) is 0 Å². The SMILES string of the molecule is CC([SiH](C)N(C)C)[SiH](C)N(C)C. The quantitative estimate of drug-likeness (QED) is 0.624. The first-order valence-corrected chi connectivity index (χ1v) is 9.38. The molecule has 0 saturated carbocycles. The van der Waals surface area contributed by atoms with Crippen molar-refractivity contribution in [3.8, 4) is 0 Å². The van der Waals surface area contributed by atoms with Gasteiger partial charge in [0.15, 0.2) is 0 Å². The Hall–Kier alpha value is 0.354. The Morgan fingerprint density at radius 3 is 1.25 bits per heavy atom. The molecular formula is C8H24N2Si2. The maximum Gasteiger partial charge on any atom is 0.109 e. The van der Waals surface area contributed by atoms with Crippen molar-refractivity contribution in [3.05, 3.63) is 0 Å². The third-order valence-electron chi connectivity index (χ3n) is 3.15. The first-order valence-electron chi connectivity index (χ1n) is 4.70. The molecule has 2 nitrogen and oxygen atoms in total. The molecule has 0 aromatic carbocycles. The summed E-state index contributed by atoms with van der Waals surface area (Å²) in [5.74, 6) is 0. The molecule has 4 heteroatoms. The molecule has 0 bridgehead atoms. The molecule has 0 aromatic heterocycles. The van der Waals surface area contributed by atoms with E-state index >= 15 is 0 Å². The normalized spacial score (nSPS) is 19.8. The number of rotatable bonds is 4. The zero-order valence-corrected chi connectivity index (χ0v) is 11.9. The fraction of sp³-hybridized carbons (Fsp3) is 1.00. The van der Waals surface area contributed by atoms with Gasteiger partial charge < -0.3 is 9.13 Å². The van der Waals surface area contributed by atoms with E-state index in [0.717, 1.165) is 5.16 Å². The molecule has 12 heavy (non-hydrogen) atoms. The second-order valence-electron chi connectivity index (χ2n) is 4.27. The highest BCUT2D eigenvalue weighted by Gasteiger charge is 2.24. The molecule has 2 atom stereocenters. The monoisotopic (exact) mass is 204 g/mol. The largest absolute Gasteiger partial charge is 0.332 e. The molecule has 0 spiro atoms. The minimum absolute atomic E-state index is 0.630. The van der Waals surface area contributed by atoms with Gasteiger partial charge in [0.2, 0.25) is 0 Å². The van der Waals surface area contributed by atoms with Crippen molar-refractivity contribution in [2.75, 3.05) is 28.2 Å². The fourth-order valence-electron chi connectivity index (χ4n) is 1.34. The van der Waals surface area contributed by atoms with E-state index in [0.29, 0.717) is 0 Å². The zero-order valence-electron chi connectivity index (χ0n) is 9.63. The van der Waals surface area contributed by atoms with E-state index in [2.05, 4.69) is 57.3 Å². The average Bonchev–Trinajstić information content (AvgIpc) is 2.00. The van der Waals surface area contributed by atoms with Crippen LogP contribution in [-0.2, 0) is 0 Å². The Kier molecular flexibility index (Phi) is 5.32. The lowest BCUT2D eigenvalue weighted by atomic mass is 10.9. The Morgan fingerprint density at radius 1 is 0.833 bits per heavy atom. The maximum absolute atomic E-state index is 2.46. The van der Waals surface area contributed by atoms with Gasteiger partial charge in [0.25, 0.3) is 0 Å². The van der Waals surface area contributed by atoms with Crippen LogP contribution >= 0.6 is 0 Å². The molecule has 0 aliphatic carbocycles. The molecular weight excluding hydrogens is 180 g/mol. The van der Waals surface area contributed by atoms with Gasteiger partial charge in [-0.05, 0) is 33.4 Å². The minimum atomic E-state index is -0.630. The van der Waals surface area contributed by atoms with Crippen molar-refractivity contribution in [1.29, 1.82) is 0 Å². The van der Waals surface area contributed by atoms with Gasteiger partial charge in [0.1, 0.15) is 17.9 Å².